The van der Waals surface area contributed by atoms with Gasteiger partial charge in [0.05, 0.1) is 0 Å². The van der Waals surface area contributed by atoms with Crippen LogP contribution in [0.4, 0.5) is 4.79 Å². The monoisotopic (exact) mass is 570 g/mol. The Morgan fingerprint density at radius 1 is 1.00 bits per heavy atom. The van der Waals surface area contributed by atoms with E-state index in [0.29, 0.717) is 10.8 Å². The fourth-order valence-electron chi connectivity index (χ4n) is 9.50. The van der Waals surface area contributed by atoms with Gasteiger partial charge in [0.15, 0.2) is 0 Å². The van der Waals surface area contributed by atoms with Gasteiger partial charge in [0.25, 0.3) is 0 Å². The van der Waals surface area contributed by atoms with Gasteiger partial charge in [-0.2, -0.15) is 0 Å². The molecule has 0 amide bonds. The van der Waals surface area contributed by atoms with Gasteiger partial charge in [-0.1, -0.05) is 40.0 Å². The number of rotatable bonds is 8. The van der Waals surface area contributed by atoms with Crippen molar-refractivity contribution >= 4 is 24.3 Å². The van der Waals surface area contributed by atoms with Crippen LogP contribution in [0, 0.1) is 46.3 Å². The van der Waals surface area contributed by atoms with Crippen molar-refractivity contribution in [2.24, 2.45) is 46.3 Å². The van der Waals surface area contributed by atoms with Crippen molar-refractivity contribution in [3.8, 4) is 0 Å². The van der Waals surface area contributed by atoms with Crippen molar-refractivity contribution in [3.63, 3.8) is 0 Å². The van der Waals surface area contributed by atoms with E-state index in [1.54, 1.807) is 5.57 Å². The predicted octanol–water partition coefficient (Wildman–Crippen LogP) is 8.56. The van der Waals surface area contributed by atoms with Crippen LogP contribution in [0.3, 0.4) is 0 Å². The maximum absolute atomic E-state index is 12.7. The predicted molar refractivity (Wildman–Crippen MR) is 155 cm³/mol. The van der Waals surface area contributed by atoms with Crippen LogP contribution < -0.4 is 4.46 Å². The number of ether oxygens (including phenoxy) is 1. The molecule has 8 atom stereocenters. The second-order valence-corrected chi connectivity index (χ2v) is 16.1. The molecular formula is C34H50O2Se. The SMILES string of the molecule is CC(C)CCC[C@@H](C)[C@H]1CC[C@H]2[C@@H]3CC=C4C[C@@H](OC(=O)[Se]c5ccccc5)CC[C@]4(C)[C@H]3CC[C@]12C. The molecule has 0 N–H and O–H groups in total. The summed E-state index contributed by atoms with van der Waals surface area (Å²) < 4.78 is 7.15. The molecule has 4 aliphatic rings. The van der Waals surface area contributed by atoms with E-state index in [2.05, 4.69) is 40.7 Å². The molecule has 2 nitrogen and oxygen atoms in total. The Morgan fingerprint density at radius 2 is 1.78 bits per heavy atom. The molecule has 1 aromatic rings. The molecule has 0 spiro atoms. The Hall–Kier alpha value is -1.05. The first-order valence-corrected chi connectivity index (χ1v) is 17.0. The number of hydrogen-bond acceptors (Lipinski definition) is 2. The minimum atomic E-state index is -0.243. The second kappa shape index (κ2) is 11.2. The van der Waals surface area contributed by atoms with Crippen molar-refractivity contribution in [1.29, 1.82) is 0 Å². The number of hydrogen-bond donors (Lipinski definition) is 0. The normalized spacial score (nSPS) is 37.8. The van der Waals surface area contributed by atoms with Gasteiger partial charge in [-0.05, 0) is 5.92 Å². The van der Waals surface area contributed by atoms with Crippen LogP contribution in [-0.2, 0) is 4.74 Å². The van der Waals surface area contributed by atoms with Crippen molar-refractivity contribution in [2.75, 3.05) is 0 Å². The van der Waals surface area contributed by atoms with E-state index in [1.165, 1.54) is 57.8 Å². The standard InChI is InChI=1S/C34H50O2Se/c1-23(2)10-9-11-24(3)29-16-17-30-28-15-14-25-22-26(36-32(35)37-27-12-7-6-8-13-27)18-20-33(25,4)31(28)19-21-34(29,30)5/h6-8,12-14,23-24,26,28-31H,9-11,15-22H2,1-5H3/t24-,26+,28+,29-,30+,31+,33+,34-/m1/s1. The summed E-state index contributed by atoms with van der Waals surface area (Å²) in [4.78, 5) is 12.7. The molecule has 0 heterocycles. The molecule has 3 fully saturated rings. The van der Waals surface area contributed by atoms with Crippen LogP contribution in [0.2, 0.25) is 0 Å². The minimum absolute atomic E-state index is 0.00506. The Morgan fingerprint density at radius 3 is 2.54 bits per heavy atom. The van der Waals surface area contributed by atoms with Crippen molar-refractivity contribution < 1.29 is 9.53 Å². The summed E-state index contributed by atoms with van der Waals surface area (Å²) in [5.41, 5.74) is 2.48. The molecule has 4 aliphatic carbocycles. The number of benzene rings is 1. The van der Waals surface area contributed by atoms with Gasteiger partial charge in [0.1, 0.15) is 0 Å². The average molecular weight is 570 g/mol. The van der Waals surface area contributed by atoms with Gasteiger partial charge in [0, 0.05) is 0 Å². The molecule has 3 saturated carbocycles. The first kappa shape index (κ1) is 27.5. The summed E-state index contributed by atoms with van der Waals surface area (Å²) in [6.07, 6.45) is 17.1. The van der Waals surface area contributed by atoms with E-state index in [4.69, 9.17) is 4.74 Å². The molecule has 0 bridgehead atoms. The topological polar surface area (TPSA) is 26.3 Å². The van der Waals surface area contributed by atoms with Gasteiger partial charge in [-0.3, -0.25) is 0 Å². The molecule has 0 aliphatic heterocycles. The maximum atomic E-state index is 12.7. The molecule has 5 rings (SSSR count). The summed E-state index contributed by atoms with van der Waals surface area (Å²) in [7, 11) is 0. The molecule has 0 radical (unpaired) electrons. The van der Waals surface area contributed by atoms with Crippen LogP contribution in [0.15, 0.2) is 42.0 Å². The molecule has 0 unspecified atom stereocenters. The Kier molecular flexibility index (Phi) is 8.33. The number of carbonyl (C=O) groups is 1. The molecule has 1 aromatic carbocycles. The van der Waals surface area contributed by atoms with Gasteiger partial charge >= 0.3 is 188 Å². The summed E-state index contributed by atoms with van der Waals surface area (Å²) in [6.45, 7) is 12.6. The van der Waals surface area contributed by atoms with E-state index in [1.807, 2.05) is 30.3 Å². The summed E-state index contributed by atoms with van der Waals surface area (Å²) in [5, 5.41) is 0. The van der Waals surface area contributed by atoms with Gasteiger partial charge in [-0.15, -0.1) is 0 Å². The molecular weight excluding hydrogens is 519 g/mol. The zero-order chi connectivity index (χ0) is 26.2. The van der Waals surface area contributed by atoms with Crippen LogP contribution in [0.1, 0.15) is 105 Å². The molecule has 3 heteroatoms. The number of allylic oxidation sites excluding steroid dienone is 1. The van der Waals surface area contributed by atoms with Crippen molar-refractivity contribution in [2.45, 2.75) is 111 Å². The molecule has 0 saturated heterocycles. The quantitative estimate of drug-likeness (QED) is 0.232. The molecule has 37 heavy (non-hydrogen) atoms. The van der Waals surface area contributed by atoms with Crippen molar-refractivity contribution in [1.82, 2.24) is 0 Å². The summed E-state index contributed by atoms with van der Waals surface area (Å²) in [6, 6.07) is 10.1. The van der Waals surface area contributed by atoms with E-state index in [9.17, 15) is 4.79 Å². The third-order valence-corrected chi connectivity index (χ3v) is 13.1. The molecule has 0 aromatic heterocycles. The van der Waals surface area contributed by atoms with Crippen LogP contribution in [0.25, 0.3) is 0 Å². The Bertz CT molecular complexity index is 969. The third kappa shape index (κ3) is 5.51. The number of fused-ring (bicyclic) bond motifs is 5. The van der Waals surface area contributed by atoms with Gasteiger partial charge < -0.3 is 0 Å². The molecule has 204 valence electrons. The second-order valence-electron chi connectivity index (χ2n) is 13.9. The van der Waals surface area contributed by atoms with Gasteiger partial charge in [-0.25, -0.2) is 0 Å². The Labute approximate surface area is 232 Å². The third-order valence-electron chi connectivity index (χ3n) is 11.5. The van der Waals surface area contributed by atoms with Crippen LogP contribution in [-0.4, -0.2) is 25.9 Å². The fourth-order valence-corrected chi connectivity index (χ4v) is 10.9. The average Bonchev–Trinajstić information content (AvgIpc) is 3.22. The Balaban J connectivity index is 1.22. The summed E-state index contributed by atoms with van der Waals surface area (Å²) >= 11 is -0.243. The summed E-state index contributed by atoms with van der Waals surface area (Å²) in [5.74, 6) is 5.22. The van der Waals surface area contributed by atoms with E-state index >= 15 is 0 Å². The first-order valence-electron chi connectivity index (χ1n) is 15.3. The number of carbonyl (C=O) groups excluding carboxylic acids is 1. The van der Waals surface area contributed by atoms with Gasteiger partial charge in [0.2, 0.25) is 0 Å². The zero-order valence-corrected chi connectivity index (χ0v) is 25.7. The van der Waals surface area contributed by atoms with E-state index in [0.717, 1.165) is 52.8 Å². The zero-order valence-electron chi connectivity index (χ0n) is 24.0. The van der Waals surface area contributed by atoms with Crippen LogP contribution >= 0.6 is 0 Å². The first-order chi connectivity index (χ1) is 17.7. The van der Waals surface area contributed by atoms with E-state index in [-0.39, 0.29) is 25.9 Å². The fraction of sp³-hybridized carbons (Fsp3) is 0.735. The van der Waals surface area contributed by atoms with Crippen LogP contribution in [0.5, 0.6) is 0 Å². The van der Waals surface area contributed by atoms with Crippen molar-refractivity contribution in [3.05, 3.63) is 42.0 Å². The van der Waals surface area contributed by atoms with E-state index < -0.39 is 0 Å².